The monoisotopic (exact) mass is 280 g/mol. The molecule has 1 aromatic carbocycles. The van der Waals surface area contributed by atoms with Crippen LogP contribution in [0.15, 0.2) is 48.6 Å². The summed E-state index contributed by atoms with van der Waals surface area (Å²) in [5.41, 5.74) is 2.70. The first-order chi connectivity index (χ1) is 9.58. The predicted octanol–water partition coefficient (Wildman–Crippen LogP) is 3.33. The molecule has 5 heteroatoms. The van der Waals surface area contributed by atoms with Gasteiger partial charge in [0.25, 0.3) is 0 Å². The van der Waals surface area contributed by atoms with Gasteiger partial charge in [-0.1, -0.05) is 25.3 Å². The molecule has 2 rings (SSSR count). The van der Waals surface area contributed by atoms with Crippen molar-refractivity contribution in [1.82, 2.24) is 9.13 Å². The van der Waals surface area contributed by atoms with Gasteiger partial charge in [-0.05, 0) is 24.4 Å². The van der Waals surface area contributed by atoms with Crippen LogP contribution in [-0.4, -0.2) is 9.13 Å². The molecule has 4 nitrogen and oxygen atoms in total. The van der Waals surface area contributed by atoms with Crippen LogP contribution in [0.4, 0.5) is 0 Å². The molecule has 98 valence electrons. The lowest BCUT2D eigenvalue weighted by Gasteiger charge is -2.02. The Morgan fingerprint density at radius 1 is 1.00 bits per heavy atom. The van der Waals surface area contributed by atoms with E-state index < -0.39 is 0 Å². The number of allylic oxidation sites excluding steroid dienone is 2. The Morgan fingerprint density at radius 2 is 1.40 bits per heavy atom. The van der Waals surface area contributed by atoms with Gasteiger partial charge in [0.2, 0.25) is 0 Å². The van der Waals surface area contributed by atoms with Crippen LogP contribution in [0, 0.1) is 27.4 Å². The Morgan fingerprint density at radius 3 is 1.75 bits per heavy atom. The number of benzene rings is 1. The molecular weight excluding hydrogens is 268 g/mol. The van der Waals surface area contributed by atoms with Crippen molar-refractivity contribution in [1.29, 1.82) is 10.5 Å². The molecule has 0 bridgehead atoms. The third-order valence-electron chi connectivity index (χ3n) is 2.94. The largest absolute Gasteiger partial charge is 0.311 e. The molecule has 0 saturated heterocycles. The van der Waals surface area contributed by atoms with E-state index in [2.05, 4.69) is 13.2 Å². The van der Waals surface area contributed by atoms with Crippen molar-refractivity contribution in [3.8, 4) is 12.1 Å². The van der Waals surface area contributed by atoms with Gasteiger partial charge < -0.3 is 9.13 Å². The first-order valence-corrected chi connectivity index (χ1v) is 6.33. The summed E-state index contributed by atoms with van der Waals surface area (Å²) in [5.74, 6) is 0. The molecule has 0 N–H and O–H groups in total. The molecule has 20 heavy (non-hydrogen) atoms. The van der Waals surface area contributed by atoms with E-state index in [1.807, 2.05) is 45.5 Å². The van der Waals surface area contributed by atoms with Crippen LogP contribution in [0.3, 0.4) is 0 Å². The number of aromatic nitrogens is 2. The molecule has 0 aliphatic carbocycles. The van der Waals surface area contributed by atoms with Gasteiger partial charge in [0.15, 0.2) is 4.77 Å². The number of fused-ring (bicyclic) bond motifs is 1. The summed E-state index contributed by atoms with van der Waals surface area (Å²) in [6.45, 7) is 8.09. The Bertz CT molecular complexity index is 771. The van der Waals surface area contributed by atoms with Gasteiger partial charge in [-0.3, -0.25) is 0 Å². The second kappa shape index (κ2) is 5.56. The summed E-state index contributed by atoms with van der Waals surface area (Å²) in [6.07, 6.45) is 0. The summed E-state index contributed by atoms with van der Waals surface area (Å²) >= 11 is 5.45. The van der Waals surface area contributed by atoms with Crippen molar-refractivity contribution in [2.75, 3.05) is 0 Å². The van der Waals surface area contributed by atoms with E-state index >= 15 is 0 Å². The van der Waals surface area contributed by atoms with Crippen molar-refractivity contribution in [2.45, 2.75) is 13.1 Å². The maximum Gasteiger partial charge on any atom is 0.181 e. The van der Waals surface area contributed by atoms with Crippen LogP contribution in [0.2, 0.25) is 0 Å². The predicted molar refractivity (Wildman–Crippen MR) is 80.3 cm³/mol. The quantitative estimate of drug-likeness (QED) is 0.637. The molecule has 0 spiro atoms. The summed E-state index contributed by atoms with van der Waals surface area (Å²) in [7, 11) is 0. The zero-order chi connectivity index (χ0) is 14.7. The Labute approximate surface area is 122 Å². The lowest BCUT2D eigenvalue weighted by atomic mass is 10.3. The smallest absolute Gasteiger partial charge is 0.181 e. The van der Waals surface area contributed by atoms with E-state index in [0.29, 0.717) is 29.0 Å². The second-order valence-corrected chi connectivity index (χ2v) is 4.74. The topological polar surface area (TPSA) is 57.4 Å². The molecule has 1 heterocycles. The Kier molecular flexibility index (Phi) is 3.84. The standard InChI is InChI=1S/C15H12N4S/c1-11(7-16)9-18-13-5-3-4-6-14(13)19(15(18)20)10-12(2)8-17/h3-6H,1-2,9-10H2. The van der Waals surface area contributed by atoms with E-state index in [1.54, 1.807) is 0 Å². The molecule has 1 aromatic heterocycles. The van der Waals surface area contributed by atoms with Crippen LogP contribution in [0.5, 0.6) is 0 Å². The highest BCUT2D eigenvalue weighted by Gasteiger charge is 2.11. The maximum atomic E-state index is 8.89. The molecular formula is C15H12N4S. The molecule has 0 unspecified atom stereocenters. The van der Waals surface area contributed by atoms with Crippen molar-refractivity contribution in [2.24, 2.45) is 0 Å². The number of para-hydroxylation sites is 2. The summed E-state index contributed by atoms with van der Waals surface area (Å²) in [4.78, 5) is 0. The van der Waals surface area contributed by atoms with Gasteiger partial charge in [0.1, 0.15) is 0 Å². The zero-order valence-corrected chi connectivity index (χ0v) is 11.7. The minimum Gasteiger partial charge on any atom is -0.311 e. The SMILES string of the molecule is C=C(C#N)Cn1c(=S)n(CC(=C)C#N)c2ccccc21. The summed E-state index contributed by atoms with van der Waals surface area (Å²) < 4.78 is 4.25. The minimum atomic E-state index is 0.349. The number of nitriles is 2. The van der Waals surface area contributed by atoms with Gasteiger partial charge in [0, 0.05) is 11.1 Å². The second-order valence-electron chi connectivity index (χ2n) is 4.37. The molecule has 0 aliphatic heterocycles. The van der Waals surface area contributed by atoms with Crippen molar-refractivity contribution < 1.29 is 0 Å². The van der Waals surface area contributed by atoms with E-state index in [9.17, 15) is 0 Å². The van der Waals surface area contributed by atoms with Crippen LogP contribution in [0.25, 0.3) is 11.0 Å². The van der Waals surface area contributed by atoms with Crippen LogP contribution in [-0.2, 0) is 13.1 Å². The summed E-state index contributed by atoms with van der Waals surface area (Å²) in [6, 6.07) is 11.7. The fourth-order valence-corrected chi connectivity index (χ4v) is 2.36. The number of rotatable bonds is 4. The summed E-state index contributed by atoms with van der Waals surface area (Å²) in [5, 5.41) is 17.8. The van der Waals surface area contributed by atoms with Crippen molar-refractivity contribution in [3.63, 3.8) is 0 Å². The molecule has 0 amide bonds. The van der Waals surface area contributed by atoms with Gasteiger partial charge >= 0.3 is 0 Å². The van der Waals surface area contributed by atoms with Gasteiger partial charge in [-0.2, -0.15) is 10.5 Å². The van der Waals surface area contributed by atoms with Gasteiger partial charge in [-0.15, -0.1) is 0 Å². The zero-order valence-electron chi connectivity index (χ0n) is 10.8. The van der Waals surface area contributed by atoms with Gasteiger partial charge in [0.05, 0.1) is 36.3 Å². The number of hydrogen-bond acceptors (Lipinski definition) is 3. The minimum absolute atomic E-state index is 0.349. The first kappa shape index (κ1) is 13.8. The first-order valence-electron chi connectivity index (χ1n) is 5.92. The average molecular weight is 280 g/mol. The van der Waals surface area contributed by atoms with E-state index in [4.69, 9.17) is 22.7 Å². The van der Waals surface area contributed by atoms with Crippen molar-refractivity contribution >= 4 is 23.3 Å². The fraction of sp³-hybridized carbons (Fsp3) is 0.133. The highest BCUT2D eigenvalue weighted by atomic mass is 32.1. The van der Waals surface area contributed by atoms with Crippen LogP contribution < -0.4 is 0 Å². The van der Waals surface area contributed by atoms with E-state index in [1.165, 1.54) is 0 Å². The molecule has 0 atom stereocenters. The molecule has 0 fully saturated rings. The normalized spacial score (nSPS) is 9.90. The van der Waals surface area contributed by atoms with Crippen LogP contribution >= 0.6 is 12.2 Å². The molecule has 2 aromatic rings. The van der Waals surface area contributed by atoms with Crippen LogP contribution in [0.1, 0.15) is 0 Å². The molecule has 0 saturated carbocycles. The van der Waals surface area contributed by atoms with Crippen molar-refractivity contribution in [3.05, 3.63) is 53.3 Å². The number of imidazole rings is 1. The third kappa shape index (κ3) is 2.40. The van der Waals surface area contributed by atoms with Gasteiger partial charge in [-0.25, -0.2) is 0 Å². The van der Waals surface area contributed by atoms with E-state index in [-0.39, 0.29) is 0 Å². The highest BCUT2D eigenvalue weighted by molar-refractivity contribution is 7.71. The number of hydrogen-bond donors (Lipinski definition) is 0. The Balaban J connectivity index is 2.65. The maximum absolute atomic E-state index is 8.89. The fourth-order valence-electron chi connectivity index (χ4n) is 2.03. The lowest BCUT2D eigenvalue weighted by molar-refractivity contribution is 0.733. The lowest BCUT2D eigenvalue weighted by Crippen LogP contribution is -2.03. The molecule has 0 aliphatic rings. The average Bonchev–Trinajstić information content (AvgIpc) is 2.72. The van der Waals surface area contributed by atoms with E-state index in [0.717, 1.165) is 11.0 Å². The third-order valence-corrected chi connectivity index (χ3v) is 3.38. The Hall–Kier alpha value is -2.63. The molecule has 0 radical (unpaired) electrons. The number of nitrogens with zero attached hydrogens (tertiary/aromatic N) is 4. The highest BCUT2D eigenvalue weighted by Crippen LogP contribution is 2.20.